The van der Waals surface area contributed by atoms with Crippen LogP contribution in [0.2, 0.25) is 0 Å². The third kappa shape index (κ3) is 3.17. The molecule has 0 saturated carbocycles. The molecular formula is C10H16NNaO6S2. The molecule has 1 amide bonds. The molecule has 0 aromatic rings. The molecule has 3 atom stereocenters. The molecule has 7 nitrogen and oxygen atoms in total. The number of carboxylic acids is 1. The monoisotopic (exact) mass is 333 g/mol. The Hall–Kier alpha value is 0.200. The molecule has 110 valence electrons. The number of amides is 1. The molecular weight excluding hydrogens is 317 g/mol. The Labute approximate surface area is 145 Å². The number of hydrogen-bond acceptors (Lipinski definition) is 6. The molecule has 2 aliphatic rings. The van der Waals surface area contributed by atoms with Gasteiger partial charge in [-0.05, 0) is 13.8 Å². The van der Waals surface area contributed by atoms with Gasteiger partial charge in [-0.25, -0.2) is 4.79 Å². The van der Waals surface area contributed by atoms with Crippen LogP contribution in [0.3, 0.4) is 0 Å². The fourth-order valence-electron chi connectivity index (χ4n) is 2.44. The molecule has 0 spiro atoms. The van der Waals surface area contributed by atoms with E-state index in [1.165, 1.54) is 16.7 Å². The van der Waals surface area contributed by atoms with Gasteiger partial charge in [-0.3, -0.25) is 8.98 Å². The van der Waals surface area contributed by atoms with E-state index in [0.29, 0.717) is 0 Å². The zero-order chi connectivity index (χ0) is 14.6. The number of fused-ring (bicyclic) bond motifs is 1. The Kier molecular flexibility index (Phi) is 5.26. The van der Waals surface area contributed by atoms with Gasteiger partial charge in [0.05, 0.1) is 24.2 Å². The van der Waals surface area contributed by atoms with E-state index in [2.05, 4.69) is 4.18 Å². The van der Waals surface area contributed by atoms with Gasteiger partial charge in [0.25, 0.3) is 10.1 Å². The second-order valence-corrected chi connectivity index (χ2v) is 8.61. The second kappa shape index (κ2) is 5.77. The molecule has 0 unspecified atom stereocenters. The average Bonchev–Trinajstić information content (AvgIpc) is 2.45. The molecule has 2 rings (SSSR count). The molecule has 0 aliphatic carbocycles. The minimum atomic E-state index is -3.60. The largest absolute Gasteiger partial charge is 1.00 e. The van der Waals surface area contributed by atoms with Crippen molar-refractivity contribution in [2.45, 2.75) is 30.0 Å². The van der Waals surface area contributed by atoms with Crippen LogP contribution in [0, 0.1) is 5.92 Å². The number of aliphatic carboxylic acids is 1. The summed E-state index contributed by atoms with van der Waals surface area (Å²) in [7, 11) is -3.60. The molecule has 20 heavy (non-hydrogen) atoms. The summed E-state index contributed by atoms with van der Waals surface area (Å²) < 4.78 is 25.9. The SMILES string of the molecule is CC1(C)S[C@@H]2[C@H](COS(C)(=O)=O)C(=O)N2[C@H]1C(=O)O.[H-].[Na+]. The molecule has 2 saturated heterocycles. The number of carbonyl (C=O) groups excluding carboxylic acids is 1. The molecule has 10 heteroatoms. The van der Waals surface area contributed by atoms with Crippen molar-refractivity contribution in [2.24, 2.45) is 5.92 Å². The first-order valence-electron chi connectivity index (χ1n) is 5.62. The Bertz CT molecular complexity index is 540. The number of nitrogens with zero attached hydrogens (tertiary/aromatic N) is 1. The van der Waals surface area contributed by atoms with Gasteiger partial charge in [0.15, 0.2) is 0 Å². The molecule has 2 heterocycles. The summed E-state index contributed by atoms with van der Waals surface area (Å²) in [6.45, 7) is 3.29. The van der Waals surface area contributed by atoms with Crippen LogP contribution in [0.5, 0.6) is 0 Å². The van der Waals surface area contributed by atoms with E-state index in [0.717, 1.165) is 6.26 Å². The van der Waals surface area contributed by atoms with Gasteiger partial charge in [0.2, 0.25) is 5.91 Å². The standard InChI is InChI=1S/C10H15NO6S2.Na.H/c1-10(2)6(9(13)14)11-7(12)5(8(11)18-10)4-17-19(3,15)16;;/h5-6,8H,4H2,1-3H3,(H,13,14);;/q;+1;-1/t5-,6+,8-;;/m1../s1. The minimum absolute atomic E-state index is 0. The van der Waals surface area contributed by atoms with Crippen LogP contribution in [-0.4, -0.2) is 59.3 Å². The van der Waals surface area contributed by atoms with E-state index in [1.54, 1.807) is 13.8 Å². The number of β-lactam (4-membered cyclic amide) rings is 1. The molecule has 0 radical (unpaired) electrons. The first-order chi connectivity index (χ1) is 8.54. The van der Waals surface area contributed by atoms with E-state index >= 15 is 0 Å². The summed E-state index contributed by atoms with van der Waals surface area (Å²) in [5, 5.41) is 8.87. The van der Waals surface area contributed by atoms with Crippen molar-refractivity contribution in [3.8, 4) is 0 Å². The Morgan fingerprint density at radius 1 is 1.55 bits per heavy atom. The summed E-state index contributed by atoms with van der Waals surface area (Å²) >= 11 is 1.37. The van der Waals surface area contributed by atoms with E-state index in [4.69, 9.17) is 0 Å². The third-order valence-corrected chi connectivity index (χ3v) is 5.44. The number of thioether (sulfide) groups is 1. The van der Waals surface area contributed by atoms with Crippen LogP contribution in [0.4, 0.5) is 0 Å². The van der Waals surface area contributed by atoms with Crippen molar-refractivity contribution in [1.29, 1.82) is 0 Å². The number of carboxylic acid groups (broad SMARTS) is 1. The maximum atomic E-state index is 11.9. The van der Waals surface area contributed by atoms with Crippen molar-refractivity contribution < 1.29 is 58.3 Å². The van der Waals surface area contributed by atoms with Crippen LogP contribution in [0.25, 0.3) is 0 Å². The zero-order valence-corrected chi connectivity index (χ0v) is 15.3. The summed E-state index contributed by atoms with van der Waals surface area (Å²) in [4.78, 5) is 24.5. The first kappa shape index (κ1) is 18.2. The Balaban J connectivity index is 0.00000200. The van der Waals surface area contributed by atoms with Crippen molar-refractivity contribution in [3.05, 3.63) is 0 Å². The molecule has 0 aromatic carbocycles. The number of rotatable bonds is 4. The van der Waals surface area contributed by atoms with Crippen LogP contribution < -0.4 is 29.6 Å². The van der Waals surface area contributed by atoms with Crippen LogP contribution in [0.15, 0.2) is 0 Å². The predicted molar refractivity (Wildman–Crippen MR) is 69.1 cm³/mol. The van der Waals surface area contributed by atoms with Gasteiger partial charge in [-0.1, -0.05) is 0 Å². The Morgan fingerprint density at radius 3 is 2.55 bits per heavy atom. The molecule has 1 N–H and O–H groups in total. The van der Waals surface area contributed by atoms with Crippen molar-refractivity contribution in [3.63, 3.8) is 0 Å². The second-order valence-electron chi connectivity index (χ2n) is 5.19. The molecule has 0 aromatic heterocycles. The number of carbonyl (C=O) groups is 2. The van der Waals surface area contributed by atoms with Crippen LogP contribution in [0.1, 0.15) is 15.3 Å². The third-order valence-electron chi connectivity index (χ3n) is 3.25. The van der Waals surface area contributed by atoms with E-state index in [9.17, 15) is 23.1 Å². The fourth-order valence-corrected chi connectivity index (χ4v) is 4.50. The smallest absolute Gasteiger partial charge is 1.00 e. The van der Waals surface area contributed by atoms with E-state index in [1.807, 2.05) is 0 Å². The van der Waals surface area contributed by atoms with Crippen LogP contribution >= 0.6 is 11.8 Å². The van der Waals surface area contributed by atoms with Gasteiger partial charge in [0.1, 0.15) is 6.04 Å². The maximum Gasteiger partial charge on any atom is 1.00 e. The predicted octanol–water partition coefficient (Wildman–Crippen LogP) is -3.16. The first-order valence-corrected chi connectivity index (χ1v) is 8.31. The van der Waals surface area contributed by atoms with Gasteiger partial charge in [-0.2, -0.15) is 8.42 Å². The number of hydrogen-bond donors (Lipinski definition) is 1. The van der Waals surface area contributed by atoms with Gasteiger partial charge >= 0.3 is 35.5 Å². The van der Waals surface area contributed by atoms with Gasteiger partial charge < -0.3 is 11.4 Å². The topological polar surface area (TPSA) is 101 Å². The maximum absolute atomic E-state index is 11.9. The van der Waals surface area contributed by atoms with Crippen molar-refractivity contribution >= 4 is 33.8 Å². The van der Waals surface area contributed by atoms with Gasteiger partial charge in [-0.15, -0.1) is 11.8 Å². The molecule has 2 fully saturated rings. The quantitative estimate of drug-likeness (QED) is 0.329. The van der Waals surface area contributed by atoms with Crippen molar-refractivity contribution in [1.82, 2.24) is 4.90 Å². The minimum Gasteiger partial charge on any atom is -1.00 e. The normalized spacial score (nSPS) is 31.2. The van der Waals surface area contributed by atoms with Crippen molar-refractivity contribution in [2.75, 3.05) is 12.9 Å². The Morgan fingerprint density at radius 2 is 2.10 bits per heavy atom. The van der Waals surface area contributed by atoms with E-state index in [-0.39, 0.29) is 48.9 Å². The summed E-state index contributed by atoms with van der Waals surface area (Å²) in [6, 6.07) is -0.885. The summed E-state index contributed by atoms with van der Waals surface area (Å²) in [6.07, 6.45) is 0.916. The fraction of sp³-hybridized carbons (Fsp3) is 0.800. The van der Waals surface area contributed by atoms with Crippen LogP contribution in [-0.2, 0) is 23.9 Å². The van der Waals surface area contributed by atoms with E-state index < -0.39 is 32.8 Å². The summed E-state index contributed by atoms with van der Waals surface area (Å²) in [5.74, 6) is -2.00. The summed E-state index contributed by atoms with van der Waals surface area (Å²) in [5.41, 5.74) is 0. The average molecular weight is 333 g/mol. The molecule has 0 bridgehead atoms. The zero-order valence-electron chi connectivity index (χ0n) is 12.7. The van der Waals surface area contributed by atoms with Gasteiger partial charge in [0, 0.05) is 4.75 Å². The molecule has 2 aliphatic heterocycles.